The van der Waals surface area contributed by atoms with Crippen molar-refractivity contribution in [3.63, 3.8) is 0 Å². The molecule has 3 aromatic rings. The maximum Gasteiger partial charge on any atom is 0.410 e. The minimum absolute atomic E-state index is 0.0643. The van der Waals surface area contributed by atoms with Gasteiger partial charge in [0.15, 0.2) is 0 Å². The Morgan fingerprint density at radius 1 is 0.840 bits per heavy atom. The molecule has 50 heavy (non-hydrogen) atoms. The lowest BCUT2D eigenvalue weighted by Gasteiger charge is -2.39. The Balaban J connectivity index is 1.30. The molecule has 1 saturated heterocycles. The number of para-hydroxylation sites is 2. The van der Waals surface area contributed by atoms with Crippen LogP contribution < -0.4 is 14.2 Å². The molecule has 0 bridgehead atoms. The highest BCUT2D eigenvalue weighted by molar-refractivity contribution is 7.90. The zero-order valence-electron chi connectivity index (χ0n) is 30.1. The van der Waals surface area contributed by atoms with Crippen molar-refractivity contribution in [1.82, 2.24) is 4.90 Å². The van der Waals surface area contributed by atoms with Crippen molar-refractivity contribution in [2.24, 2.45) is 0 Å². The van der Waals surface area contributed by atoms with Crippen molar-refractivity contribution < 1.29 is 41.6 Å². The van der Waals surface area contributed by atoms with Gasteiger partial charge in [0.25, 0.3) is 0 Å². The fourth-order valence-electron chi connectivity index (χ4n) is 5.85. The molecule has 10 nitrogen and oxygen atoms in total. The van der Waals surface area contributed by atoms with Crippen LogP contribution in [0.25, 0.3) is 0 Å². The van der Waals surface area contributed by atoms with Gasteiger partial charge < -0.3 is 33.3 Å². The molecule has 1 heterocycles. The third-order valence-corrected chi connectivity index (χ3v) is 9.31. The molecule has 2 unspecified atom stereocenters. The lowest BCUT2D eigenvalue weighted by atomic mass is 9.87. The summed E-state index contributed by atoms with van der Waals surface area (Å²) >= 11 is 0. The minimum atomic E-state index is -3.02. The molecule has 0 radical (unpaired) electrons. The molecular formula is C39H53NO9S. The molecule has 1 aliphatic rings. The molecule has 0 saturated carbocycles. The summed E-state index contributed by atoms with van der Waals surface area (Å²) in [5.74, 6) is 2.52. The molecule has 0 aliphatic carbocycles. The molecule has 274 valence electrons. The van der Waals surface area contributed by atoms with Gasteiger partial charge in [-0.15, -0.1) is 0 Å². The monoisotopic (exact) mass is 711 g/mol. The Morgan fingerprint density at radius 2 is 1.54 bits per heavy atom. The smallest absolute Gasteiger partial charge is 0.410 e. The summed E-state index contributed by atoms with van der Waals surface area (Å²) in [6.45, 7) is 8.77. The Bertz CT molecular complexity index is 1590. The number of hydrogen-bond acceptors (Lipinski definition) is 9. The first kappa shape index (κ1) is 39.0. The van der Waals surface area contributed by atoms with Crippen LogP contribution in [0.1, 0.15) is 62.6 Å². The third-order valence-electron chi connectivity index (χ3n) is 8.28. The van der Waals surface area contributed by atoms with Crippen molar-refractivity contribution in [3.8, 4) is 17.2 Å². The number of rotatable bonds is 18. The molecule has 0 spiro atoms. The van der Waals surface area contributed by atoms with E-state index in [0.717, 1.165) is 46.8 Å². The topological polar surface area (TPSA) is 110 Å². The molecule has 1 amide bonds. The van der Waals surface area contributed by atoms with Crippen LogP contribution in [0.4, 0.5) is 4.79 Å². The lowest BCUT2D eigenvalue weighted by Crippen LogP contribution is -2.48. The zero-order chi connectivity index (χ0) is 36.0. The standard InChI is InChI=1S/C39H53NO9S/c1-39(2,3)49-38(41)40-22-21-34(37(28-40)48-26-25-47-36-16-9-6-12-31(36)14-10-27-50(5,42)43)30-17-19-33(20-18-30)46-24-11-23-45-29-32-13-7-8-15-35(32)44-4/h6-9,12-13,15-20,34,37H,10-11,14,21-29H2,1-5H3. The second-order valence-electron chi connectivity index (χ2n) is 13.6. The van der Waals surface area contributed by atoms with Crippen LogP contribution in [-0.2, 0) is 37.1 Å². The summed E-state index contributed by atoms with van der Waals surface area (Å²) in [6, 6.07) is 23.6. The van der Waals surface area contributed by atoms with Gasteiger partial charge in [0.2, 0.25) is 0 Å². The van der Waals surface area contributed by atoms with Crippen LogP contribution in [0.3, 0.4) is 0 Å². The van der Waals surface area contributed by atoms with Gasteiger partial charge in [-0.3, -0.25) is 0 Å². The third kappa shape index (κ3) is 13.2. The average molecular weight is 712 g/mol. The molecule has 0 aromatic heterocycles. The highest BCUT2D eigenvalue weighted by Crippen LogP contribution is 2.32. The summed E-state index contributed by atoms with van der Waals surface area (Å²) in [5, 5.41) is 0. The first-order chi connectivity index (χ1) is 23.9. The number of likely N-dealkylation sites (tertiary alicyclic amines) is 1. The van der Waals surface area contributed by atoms with E-state index >= 15 is 0 Å². The molecule has 0 N–H and O–H groups in total. The van der Waals surface area contributed by atoms with Gasteiger partial charge in [0, 0.05) is 30.7 Å². The number of sulfone groups is 1. The van der Waals surface area contributed by atoms with E-state index in [4.69, 9.17) is 28.4 Å². The number of hydrogen-bond donors (Lipinski definition) is 0. The normalized spacial score (nSPS) is 16.5. The number of carbonyl (C=O) groups excluding carboxylic acids is 1. The van der Waals surface area contributed by atoms with Crippen LogP contribution in [0.15, 0.2) is 72.8 Å². The first-order valence-corrected chi connectivity index (χ1v) is 19.4. The Hall–Kier alpha value is -3.80. The second-order valence-corrected chi connectivity index (χ2v) is 15.8. The van der Waals surface area contributed by atoms with E-state index in [2.05, 4.69) is 12.1 Å². The molecule has 3 aromatic carbocycles. The summed E-state index contributed by atoms with van der Waals surface area (Å²) in [6.07, 6.45) is 3.25. The van der Waals surface area contributed by atoms with Crippen molar-refractivity contribution in [1.29, 1.82) is 0 Å². The van der Waals surface area contributed by atoms with Crippen LogP contribution >= 0.6 is 0 Å². The van der Waals surface area contributed by atoms with Gasteiger partial charge >= 0.3 is 6.09 Å². The van der Waals surface area contributed by atoms with E-state index < -0.39 is 15.4 Å². The lowest BCUT2D eigenvalue weighted by molar-refractivity contribution is -0.0358. The number of aryl methyl sites for hydroxylation is 1. The number of amides is 1. The number of nitrogens with zero attached hydrogens (tertiary/aromatic N) is 1. The van der Waals surface area contributed by atoms with Crippen molar-refractivity contribution in [2.45, 2.75) is 70.7 Å². The van der Waals surface area contributed by atoms with Crippen molar-refractivity contribution in [2.75, 3.05) is 58.6 Å². The molecule has 1 fully saturated rings. The summed E-state index contributed by atoms with van der Waals surface area (Å²) in [7, 11) is -1.36. The SMILES string of the molecule is COc1ccccc1COCCCOc1ccc(C2CCN(C(=O)OC(C)(C)C)CC2OCCOc2ccccc2CCCS(C)(=O)=O)cc1. The van der Waals surface area contributed by atoms with Gasteiger partial charge in [0.1, 0.15) is 39.3 Å². The predicted molar refractivity (Wildman–Crippen MR) is 194 cm³/mol. The first-order valence-electron chi connectivity index (χ1n) is 17.3. The summed E-state index contributed by atoms with van der Waals surface area (Å²) in [5.41, 5.74) is 2.50. The van der Waals surface area contributed by atoms with E-state index in [0.29, 0.717) is 59.0 Å². The van der Waals surface area contributed by atoms with E-state index in [1.54, 1.807) is 12.0 Å². The fraction of sp³-hybridized carbons (Fsp3) is 0.513. The summed E-state index contributed by atoms with van der Waals surface area (Å²) < 4.78 is 58.5. The number of ether oxygens (including phenoxy) is 6. The van der Waals surface area contributed by atoms with Crippen molar-refractivity contribution in [3.05, 3.63) is 89.5 Å². The quantitative estimate of drug-likeness (QED) is 0.131. The van der Waals surface area contributed by atoms with Crippen LogP contribution in [0.5, 0.6) is 17.2 Å². The number of benzene rings is 3. The number of piperidine rings is 1. The summed E-state index contributed by atoms with van der Waals surface area (Å²) in [4.78, 5) is 14.7. The number of methoxy groups -OCH3 is 1. The molecule has 1 aliphatic heterocycles. The van der Waals surface area contributed by atoms with Crippen LogP contribution in [0.2, 0.25) is 0 Å². The molecule has 11 heteroatoms. The maximum absolute atomic E-state index is 13.0. The molecule has 4 rings (SSSR count). The second kappa shape index (κ2) is 19.0. The van der Waals surface area contributed by atoms with Gasteiger partial charge in [-0.05, 0) is 75.4 Å². The van der Waals surface area contributed by atoms with E-state index in [1.165, 1.54) is 6.26 Å². The van der Waals surface area contributed by atoms with Gasteiger partial charge in [-0.2, -0.15) is 0 Å². The van der Waals surface area contributed by atoms with E-state index in [9.17, 15) is 13.2 Å². The highest BCUT2D eigenvalue weighted by atomic mass is 32.2. The van der Waals surface area contributed by atoms with Gasteiger partial charge in [-0.25, -0.2) is 13.2 Å². The fourth-order valence-corrected chi connectivity index (χ4v) is 6.52. The van der Waals surface area contributed by atoms with E-state index in [1.807, 2.05) is 81.4 Å². The van der Waals surface area contributed by atoms with Gasteiger partial charge in [0.05, 0.1) is 51.9 Å². The zero-order valence-corrected chi connectivity index (χ0v) is 30.9. The van der Waals surface area contributed by atoms with Crippen LogP contribution in [0, 0.1) is 0 Å². The highest BCUT2D eigenvalue weighted by Gasteiger charge is 2.35. The van der Waals surface area contributed by atoms with Crippen LogP contribution in [-0.4, -0.2) is 89.8 Å². The minimum Gasteiger partial charge on any atom is -0.496 e. The number of carbonyl (C=O) groups is 1. The Labute approximate surface area is 297 Å². The van der Waals surface area contributed by atoms with E-state index in [-0.39, 0.29) is 23.9 Å². The largest absolute Gasteiger partial charge is 0.496 e. The molecule has 2 atom stereocenters. The predicted octanol–water partition coefficient (Wildman–Crippen LogP) is 6.85. The Kier molecular flexibility index (Phi) is 14.8. The Morgan fingerprint density at radius 3 is 2.24 bits per heavy atom. The molecular weight excluding hydrogens is 658 g/mol. The van der Waals surface area contributed by atoms with Gasteiger partial charge in [-0.1, -0.05) is 48.5 Å². The average Bonchev–Trinajstić information content (AvgIpc) is 3.08. The van der Waals surface area contributed by atoms with Crippen molar-refractivity contribution >= 4 is 15.9 Å². The maximum atomic E-state index is 13.0.